The van der Waals surface area contributed by atoms with Crippen molar-refractivity contribution in [2.45, 2.75) is 32.7 Å². The lowest BCUT2D eigenvalue weighted by molar-refractivity contribution is -0.155. The average Bonchev–Trinajstić information content (AvgIpc) is 3.25. The largest absolute Gasteiger partial charge is 0.451 e. The van der Waals surface area contributed by atoms with Gasteiger partial charge >= 0.3 is 12.1 Å². The first-order valence-electron chi connectivity index (χ1n) is 10.4. The van der Waals surface area contributed by atoms with Gasteiger partial charge in [-0.1, -0.05) is 29.8 Å². The molecule has 1 aliphatic rings. The molecule has 1 N–H and O–H groups in total. The molecule has 1 unspecified atom stereocenters. The Hall–Kier alpha value is -4.29. The Morgan fingerprint density at radius 3 is 2.57 bits per heavy atom. The number of esters is 1. The molecule has 3 aromatic rings. The summed E-state index contributed by atoms with van der Waals surface area (Å²) in [6.07, 6.45) is -5.95. The van der Waals surface area contributed by atoms with Crippen molar-refractivity contribution < 1.29 is 32.3 Å². The summed E-state index contributed by atoms with van der Waals surface area (Å²) in [4.78, 5) is 39.2. The zero-order valence-corrected chi connectivity index (χ0v) is 18.5. The van der Waals surface area contributed by atoms with Crippen LogP contribution in [0.4, 0.5) is 24.5 Å². The number of carbonyl (C=O) groups is 3. The van der Waals surface area contributed by atoms with E-state index in [0.29, 0.717) is 11.4 Å². The minimum absolute atomic E-state index is 0.0613. The number of aromatic nitrogens is 4. The Labute approximate surface area is 196 Å². The van der Waals surface area contributed by atoms with Crippen molar-refractivity contribution in [3.8, 4) is 11.4 Å². The van der Waals surface area contributed by atoms with Gasteiger partial charge < -0.3 is 10.1 Å². The lowest BCUT2D eigenvalue weighted by atomic mass is 10.1. The molecule has 1 aliphatic heterocycles. The van der Waals surface area contributed by atoms with E-state index in [0.717, 1.165) is 33.5 Å². The molecular formula is C22H19F3N6O4. The molecule has 1 aromatic heterocycles. The van der Waals surface area contributed by atoms with Crippen LogP contribution in [0.1, 0.15) is 18.1 Å². The summed E-state index contributed by atoms with van der Waals surface area (Å²) in [5, 5.41) is 14.1. The number of halogens is 3. The van der Waals surface area contributed by atoms with Crippen molar-refractivity contribution >= 4 is 29.2 Å². The molecule has 0 bridgehead atoms. The van der Waals surface area contributed by atoms with Gasteiger partial charge in [-0.05, 0) is 37.3 Å². The Morgan fingerprint density at radius 1 is 1.17 bits per heavy atom. The van der Waals surface area contributed by atoms with Crippen LogP contribution in [0.3, 0.4) is 0 Å². The molecule has 0 saturated heterocycles. The number of rotatable bonds is 5. The molecule has 0 saturated carbocycles. The number of carbonyl (C=O) groups excluding carboxylic acids is 3. The first-order chi connectivity index (χ1) is 16.5. The van der Waals surface area contributed by atoms with E-state index >= 15 is 0 Å². The smallest absolute Gasteiger partial charge is 0.416 e. The fourth-order valence-corrected chi connectivity index (χ4v) is 3.41. The second kappa shape index (κ2) is 9.16. The van der Waals surface area contributed by atoms with Gasteiger partial charge in [-0.2, -0.15) is 18.0 Å². The van der Waals surface area contributed by atoms with Gasteiger partial charge in [0.1, 0.15) is 6.54 Å². The van der Waals surface area contributed by atoms with Crippen LogP contribution in [0.5, 0.6) is 0 Å². The molecule has 1 atom stereocenters. The zero-order chi connectivity index (χ0) is 25.3. The van der Waals surface area contributed by atoms with E-state index in [4.69, 9.17) is 4.74 Å². The maximum Gasteiger partial charge on any atom is 0.416 e. The van der Waals surface area contributed by atoms with E-state index in [1.165, 1.54) is 6.92 Å². The second-order valence-corrected chi connectivity index (χ2v) is 7.84. The number of hydrogen-bond donors (Lipinski definition) is 1. The lowest BCUT2D eigenvalue weighted by Crippen LogP contribution is -2.47. The fourth-order valence-electron chi connectivity index (χ4n) is 3.41. The third-order valence-electron chi connectivity index (χ3n) is 5.15. The quantitative estimate of drug-likeness (QED) is 0.549. The summed E-state index contributed by atoms with van der Waals surface area (Å²) in [6.45, 7) is 2.36. The number of tetrazole rings is 1. The first kappa shape index (κ1) is 23.9. The number of aryl methyl sites for hydroxylation is 1. The van der Waals surface area contributed by atoms with Crippen LogP contribution >= 0.6 is 0 Å². The molecule has 0 fully saturated rings. The highest BCUT2D eigenvalue weighted by molar-refractivity contribution is 6.11. The average molecular weight is 488 g/mol. The molecule has 2 aromatic carbocycles. The number of hydrogen-bond acceptors (Lipinski definition) is 7. The summed E-state index contributed by atoms with van der Waals surface area (Å²) in [7, 11) is 0. The second-order valence-electron chi connectivity index (χ2n) is 7.84. The first-order valence-corrected chi connectivity index (χ1v) is 10.4. The van der Waals surface area contributed by atoms with E-state index < -0.39 is 48.7 Å². The molecule has 0 spiro atoms. The number of nitrogens with one attached hydrogen (secondary N) is 1. The van der Waals surface area contributed by atoms with Crippen LogP contribution in [0, 0.1) is 6.92 Å². The van der Waals surface area contributed by atoms with E-state index in [1.807, 2.05) is 19.1 Å². The van der Waals surface area contributed by atoms with Gasteiger partial charge in [0, 0.05) is 5.56 Å². The highest BCUT2D eigenvalue weighted by Crippen LogP contribution is 2.37. The molecule has 35 heavy (non-hydrogen) atoms. The van der Waals surface area contributed by atoms with Crippen molar-refractivity contribution in [2.24, 2.45) is 0 Å². The molecule has 2 heterocycles. The van der Waals surface area contributed by atoms with Crippen molar-refractivity contribution in [1.29, 1.82) is 0 Å². The van der Waals surface area contributed by atoms with Crippen LogP contribution in [-0.4, -0.2) is 50.6 Å². The van der Waals surface area contributed by atoms with Crippen LogP contribution in [-0.2, 0) is 31.8 Å². The van der Waals surface area contributed by atoms with E-state index in [9.17, 15) is 27.6 Å². The predicted molar refractivity (Wildman–Crippen MR) is 116 cm³/mol. The number of fused-ring (bicyclic) bond motifs is 1. The standard InChI is InChI=1S/C22H19F3N6O4/c1-12-3-5-14(6-4-12)20-27-29-31(28-20)11-19(33)35-13(2)21(34)30-10-18(32)26-16-9-15(22(23,24)25)7-8-17(16)30/h3-9,13H,10-11H2,1-2H3,(H,26,32). The number of ether oxygens (including phenoxy) is 1. The minimum atomic E-state index is -4.62. The Kier molecular flexibility index (Phi) is 6.24. The molecule has 13 heteroatoms. The number of amides is 2. The SMILES string of the molecule is Cc1ccc(-c2nnn(CC(=O)OC(C)C(=O)N3CC(=O)Nc4cc(C(F)(F)F)ccc43)n2)cc1. The van der Waals surface area contributed by atoms with E-state index in [1.54, 1.807) is 12.1 Å². The molecule has 0 aliphatic carbocycles. The fraction of sp³-hybridized carbons (Fsp3) is 0.273. The Balaban J connectivity index is 1.43. The molecule has 10 nitrogen and oxygen atoms in total. The van der Waals surface area contributed by atoms with E-state index in [2.05, 4.69) is 20.7 Å². The third-order valence-corrected chi connectivity index (χ3v) is 5.15. The maximum absolute atomic E-state index is 13.0. The Morgan fingerprint density at radius 2 is 1.89 bits per heavy atom. The minimum Gasteiger partial charge on any atom is -0.451 e. The van der Waals surface area contributed by atoms with Crippen LogP contribution in [0.15, 0.2) is 42.5 Å². The summed E-state index contributed by atoms with van der Waals surface area (Å²) < 4.78 is 44.2. The maximum atomic E-state index is 13.0. The van der Waals surface area contributed by atoms with Gasteiger partial charge in [-0.15, -0.1) is 10.2 Å². The van der Waals surface area contributed by atoms with Gasteiger partial charge in [0.15, 0.2) is 12.6 Å². The number of alkyl halides is 3. The van der Waals surface area contributed by atoms with Crippen molar-refractivity contribution in [1.82, 2.24) is 20.2 Å². The lowest BCUT2D eigenvalue weighted by Gasteiger charge is -2.31. The van der Waals surface area contributed by atoms with Crippen molar-refractivity contribution in [2.75, 3.05) is 16.8 Å². The van der Waals surface area contributed by atoms with Crippen LogP contribution < -0.4 is 10.2 Å². The highest BCUT2D eigenvalue weighted by Gasteiger charge is 2.35. The Bertz CT molecular complexity index is 1290. The summed E-state index contributed by atoms with van der Waals surface area (Å²) in [5.41, 5.74) is 0.674. The molecular weight excluding hydrogens is 469 g/mol. The van der Waals surface area contributed by atoms with Crippen molar-refractivity contribution in [3.05, 3.63) is 53.6 Å². The molecule has 4 rings (SSSR count). The third kappa shape index (κ3) is 5.28. The van der Waals surface area contributed by atoms with Crippen LogP contribution in [0.2, 0.25) is 0 Å². The predicted octanol–water partition coefficient (Wildman–Crippen LogP) is 2.58. The van der Waals surface area contributed by atoms with Gasteiger partial charge in [-0.3, -0.25) is 14.5 Å². The van der Waals surface area contributed by atoms with Gasteiger partial charge in [0.25, 0.3) is 5.91 Å². The normalized spacial score (nSPS) is 14.2. The monoisotopic (exact) mass is 488 g/mol. The van der Waals surface area contributed by atoms with Gasteiger partial charge in [-0.25, -0.2) is 4.79 Å². The summed E-state index contributed by atoms with van der Waals surface area (Å²) in [5.74, 6) is -2.00. The molecule has 0 radical (unpaired) electrons. The van der Waals surface area contributed by atoms with Crippen molar-refractivity contribution in [3.63, 3.8) is 0 Å². The van der Waals surface area contributed by atoms with Gasteiger partial charge in [0.2, 0.25) is 11.7 Å². The van der Waals surface area contributed by atoms with E-state index in [-0.39, 0.29) is 11.4 Å². The number of nitrogens with zero attached hydrogens (tertiary/aromatic N) is 5. The number of benzene rings is 2. The van der Waals surface area contributed by atoms with Crippen LogP contribution in [0.25, 0.3) is 11.4 Å². The highest BCUT2D eigenvalue weighted by atomic mass is 19.4. The zero-order valence-electron chi connectivity index (χ0n) is 18.5. The summed E-state index contributed by atoms with van der Waals surface area (Å²) >= 11 is 0. The molecule has 182 valence electrons. The van der Waals surface area contributed by atoms with Gasteiger partial charge in [0.05, 0.1) is 16.9 Å². The molecule has 2 amide bonds. The summed E-state index contributed by atoms with van der Waals surface area (Å²) in [6, 6.07) is 9.98. The number of anilines is 2. The topological polar surface area (TPSA) is 119 Å².